The van der Waals surface area contributed by atoms with Gasteiger partial charge >= 0.3 is 0 Å². The molecule has 1 aliphatic heterocycles. The Kier molecular flexibility index (Phi) is 7.99. The fourth-order valence-electron chi connectivity index (χ4n) is 5.30. The summed E-state index contributed by atoms with van der Waals surface area (Å²) in [6, 6.07) is 6.21. The predicted molar refractivity (Wildman–Crippen MR) is 136 cm³/mol. The van der Waals surface area contributed by atoms with Crippen molar-refractivity contribution in [3.05, 3.63) is 61.5 Å². The molecule has 1 aromatic carbocycles. The molecule has 1 fully saturated rings. The Labute approximate surface area is 207 Å². The van der Waals surface area contributed by atoms with Crippen molar-refractivity contribution in [1.29, 1.82) is 0 Å². The zero-order valence-electron chi connectivity index (χ0n) is 20.5. The molecule has 4 rings (SSSR count). The van der Waals surface area contributed by atoms with Crippen LogP contribution in [-0.4, -0.2) is 42.0 Å². The van der Waals surface area contributed by atoms with Gasteiger partial charge in [0.2, 0.25) is 0 Å². The van der Waals surface area contributed by atoms with E-state index in [-0.39, 0.29) is 24.1 Å². The van der Waals surface area contributed by atoms with Crippen molar-refractivity contribution in [1.82, 2.24) is 15.2 Å². The fraction of sp³-hybridized carbons (Fsp3) is 0.556. The normalized spacial score (nSPS) is 21.6. The van der Waals surface area contributed by atoms with E-state index in [9.17, 15) is 9.59 Å². The molecule has 0 spiro atoms. The smallest absolute Gasteiger partial charge is 0.253 e. The summed E-state index contributed by atoms with van der Waals surface area (Å²) in [5, 5.41) is 3.46. The zero-order valence-corrected chi connectivity index (χ0v) is 21.3. The average Bonchev–Trinajstić information content (AvgIpc) is 2.78. The Morgan fingerprint density at radius 1 is 0.971 bits per heavy atom. The largest absolute Gasteiger partial charge is 0.490 e. The Hall–Kier alpha value is -2.31. The number of aromatic nitrogens is 1. The number of ether oxygens (including phenoxy) is 1. The molecule has 0 radical (unpaired) electrons. The molecule has 0 bridgehead atoms. The number of amides is 1. The first-order chi connectivity index (χ1) is 16.3. The first kappa shape index (κ1) is 24.8. The van der Waals surface area contributed by atoms with Crippen molar-refractivity contribution in [2.24, 2.45) is 0 Å². The van der Waals surface area contributed by atoms with E-state index in [1.807, 2.05) is 19.1 Å². The first-order valence-electron chi connectivity index (χ1n) is 12.5. The number of aryl methyl sites for hydroxylation is 2. The Bertz CT molecular complexity index is 1090. The highest BCUT2D eigenvalue weighted by atomic mass is 35.5. The summed E-state index contributed by atoms with van der Waals surface area (Å²) in [5.74, 6) is 0.516. The maximum absolute atomic E-state index is 13.3. The molecule has 0 atom stereocenters. The Balaban J connectivity index is 1.59. The van der Waals surface area contributed by atoms with Gasteiger partial charge in [0.25, 0.3) is 11.5 Å². The van der Waals surface area contributed by atoms with Crippen LogP contribution in [0, 0.1) is 6.92 Å². The summed E-state index contributed by atoms with van der Waals surface area (Å²) in [4.78, 5) is 31.0. The minimum atomic E-state index is -0.217. The number of nitrogens with zero attached hydrogens (tertiary/aromatic N) is 1. The van der Waals surface area contributed by atoms with Crippen molar-refractivity contribution >= 4 is 17.5 Å². The number of H-pyrrole nitrogens is 1. The molecule has 2 aromatic rings. The van der Waals surface area contributed by atoms with Gasteiger partial charge < -0.3 is 19.9 Å². The van der Waals surface area contributed by atoms with Crippen molar-refractivity contribution < 1.29 is 9.53 Å². The molecule has 34 heavy (non-hydrogen) atoms. The van der Waals surface area contributed by atoms with Gasteiger partial charge in [0.05, 0.1) is 6.10 Å². The third kappa shape index (κ3) is 5.84. The van der Waals surface area contributed by atoms with Crippen LogP contribution >= 0.6 is 11.6 Å². The molecule has 0 saturated heterocycles. The van der Waals surface area contributed by atoms with Crippen molar-refractivity contribution in [2.45, 2.75) is 83.4 Å². The molecule has 184 valence electrons. The van der Waals surface area contributed by atoms with Crippen LogP contribution in [0.2, 0.25) is 5.02 Å². The van der Waals surface area contributed by atoms with E-state index in [0.29, 0.717) is 22.2 Å². The van der Waals surface area contributed by atoms with Gasteiger partial charge in [-0.3, -0.25) is 9.59 Å². The van der Waals surface area contributed by atoms with E-state index in [0.717, 1.165) is 80.4 Å². The topological polar surface area (TPSA) is 74.4 Å². The lowest BCUT2D eigenvalue weighted by Crippen LogP contribution is -2.35. The van der Waals surface area contributed by atoms with Crippen LogP contribution in [0.1, 0.15) is 77.7 Å². The second-order valence-corrected chi connectivity index (χ2v) is 10.4. The molecule has 1 amide bonds. The van der Waals surface area contributed by atoms with Gasteiger partial charge in [-0.2, -0.15) is 0 Å². The predicted octanol–water partition coefficient (Wildman–Crippen LogP) is 4.79. The van der Waals surface area contributed by atoms with E-state index < -0.39 is 0 Å². The van der Waals surface area contributed by atoms with Gasteiger partial charge in [0.15, 0.2) is 0 Å². The van der Waals surface area contributed by atoms with E-state index in [1.54, 1.807) is 6.07 Å². The number of halogens is 1. The lowest BCUT2D eigenvalue weighted by Gasteiger charge is -2.33. The van der Waals surface area contributed by atoms with Crippen molar-refractivity contribution in [2.75, 3.05) is 14.1 Å². The second kappa shape index (κ2) is 11.0. The summed E-state index contributed by atoms with van der Waals surface area (Å²) in [6.07, 6.45) is 8.90. The van der Waals surface area contributed by atoms with Crippen LogP contribution in [0.5, 0.6) is 5.75 Å². The minimum absolute atomic E-state index is 0.129. The minimum Gasteiger partial charge on any atom is -0.490 e. The van der Waals surface area contributed by atoms with Crippen LogP contribution in [-0.2, 0) is 19.4 Å². The molecule has 2 N–H and O–H groups in total. The van der Waals surface area contributed by atoms with Gasteiger partial charge in [-0.05, 0) is 96.1 Å². The van der Waals surface area contributed by atoms with Crippen molar-refractivity contribution in [3.8, 4) is 5.75 Å². The highest BCUT2D eigenvalue weighted by molar-refractivity contribution is 6.31. The SMILES string of the molecule is Cc1cc2c(c(=O)[nH]1)CNC(=O)c1cc(Cl)cc(OC3CCC(N(C)C)CC3)c1CCCCC2. The molecular weight excluding hydrogens is 450 g/mol. The molecule has 6 nitrogen and oxygen atoms in total. The molecule has 2 aliphatic rings. The summed E-state index contributed by atoms with van der Waals surface area (Å²) >= 11 is 6.46. The number of hydrogen-bond donors (Lipinski definition) is 2. The lowest BCUT2D eigenvalue weighted by atomic mass is 9.92. The highest BCUT2D eigenvalue weighted by Crippen LogP contribution is 2.33. The number of rotatable bonds is 3. The quantitative estimate of drug-likeness (QED) is 0.655. The first-order valence-corrected chi connectivity index (χ1v) is 12.8. The number of nitrogens with one attached hydrogen (secondary N) is 2. The van der Waals surface area contributed by atoms with E-state index in [1.165, 1.54) is 0 Å². The third-order valence-electron chi connectivity index (χ3n) is 7.25. The molecule has 1 saturated carbocycles. The van der Waals surface area contributed by atoms with E-state index in [4.69, 9.17) is 16.3 Å². The highest BCUT2D eigenvalue weighted by Gasteiger charge is 2.26. The molecule has 2 heterocycles. The van der Waals surface area contributed by atoms with Crippen LogP contribution in [0.25, 0.3) is 0 Å². The molecular formula is C27H36ClN3O3. The van der Waals surface area contributed by atoms with Crippen molar-refractivity contribution in [3.63, 3.8) is 0 Å². The Morgan fingerprint density at radius 3 is 2.44 bits per heavy atom. The van der Waals surface area contributed by atoms with Crippen LogP contribution in [0.15, 0.2) is 23.0 Å². The van der Waals surface area contributed by atoms with Crippen LogP contribution < -0.4 is 15.6 Å². The van der Waals surface area contributed by atoms with Gasteiger partial charge in [0.1, 0.15) is 5.75 Å². The number of carbonyl (C=O) groups excluding carboxylic acids is 1. The van der Waals surface area contributed by atoms with E-state index in [2.05, 4.69) is 29.3 Å². The maximum Gasteiger partial charge on any atom is 0.253 e. The molecule has 7 heteroatoms. The number of hydrogen-bond acceptors (Lipinski definition) is 4. The maximum atomic E-state index is 13.3. The number of carbonyl (C=O) groups is 1. The standard InChI is InChI=1S/C27H36ClN3O3/c1-17-13-18-7-5-4-6-8-22-23(26(32)29-16-24(18)27(33)30-17)14-19(28)15-25(22)34-21-11-9-20(10-12-21)31(2)3/h13-15,20-21H,4-12,16H2,1-3H3,(H,29,32)(H,30,33). The number of benzene rings is 1. The summed E-state index contributed by atoms with van der Waals surface area (Å²) in [7, 11) is 4.27. The second-order valence-electron chi connectivity index (χ2n) is 9.97. The summed E-state index contributed by atoms with van der Waals surface area (Å²) < 4.78 is 6.49. The van der Waals surface area contributed by atoms with Gasteiger partial charge in [-0.1, -0.05) is 18.0 Å². The lowest BCUT2D eigenvalue weighted by molar-refractivity contribution is 0.0945. The molecule has 0 unspecified atom stereocenters. The fourth-order valence-corrected chi connectivity index (χ4v) is 5.50. The van der Waals surface area contributed by atoms with Gasteiger partial charge in [0, 0.05) is 40.0 Å². The Morgan fingerprint density at radius 2 is 1.71 bits per heavy atom. The zero-order chi connectivity index (χ0) is 24.2. The van der Waals surface area contributed by atoms with Gasteiger partial charge in [-0.15, -0.1) is 0 Å². The summed E-state index contributed by atoms with van der Waals surface area (Å²) in [5.41, 5.74) is 3.85. The van der Waals surface area contributed by atoms with Crippen LogP contribution in [0.4, 0.5) is 0 Å². The molecule has 1 aromatic heterocycles. The van der Waals surface area contributed by atoms with Crippen LogP contribution in [0.3, 0.4) is 0 Å². The average molecular weight is 486 g/mol. The third-order valence-corrected chi connectivity index (χ3v) is 7.47. The number of pyridine rings is 1. The number of fused-ring (bicyclic) bond motifs is 2. The molecule has 1 aliphatic carbocycles. The monoisotopic (exact) mass is 485 g/mol. The number of aromatic amines is 1. The van der Waals surface area contributed by atoms with E-state index >= 15 is 0 Å². The summed E-state index contributed by atoms with van der Waals surface area (Å²) in [6.45, 7) is 2.09. The van der Waals surface area contributed by atoms with Gasteiger partial charge in [-0.25, -0.2) is 0 Å².